The van der Waals surface area contributed by atoms with Gasteiger partial charge in [-0.3, -0.25) is 4.68 Å². The molecule has 0 radical (unpaired) electrons. The lowest BCUT2D eigenvalue weighted by Crippen LogP contribution is -1.93. The van der Waals surface area contributed by atoms with Crippen LogP contribution in [0.5, 0.6) is 0 Å². The van der Waals surface area contributed by atoms with Crippen LogP contribution in [0.3, 0.4) is 0 Å². The van der Waals surface area contributed by atoms with E-state index in [4.69, 9.17) is 5.26 Å². The van der Waals surface area contributed by atoms with E-state index in [1.165, 1.54) is 16.2 Å². The van der Waals surface area contributed by atoms with Crippen molar-refractivity contribution in [2.45, 2.75) is 0 Å². The molecular formula is C5H3N5S. The summed E-state index contributed by atoms with van der Waals surface area (Å²) >= 11 is 1.19. The number of fused-ring (bicyclic) bond motifs is 1. The van der Waals surface area contributed by atoms with Crippen molar-refractivity contribution in [2.75, 3.05) is 0 Å². The van der Waals surface area contributed by atoms with Gasteiger partial charge in [0.15, 0.2) is 5.69 Å². The fourth-order valence-corrected chi connectivity index (χ4v) is 1.49. The van der Waals surface area contributed by atoms with E-state index in [9.17, 15) is 0 Å². The Balaban J connectivity index is 2.94. The number of aryl methyl sites for hydroxylation is 1. The Labute approximate surface area is 66.0 Å². The van der Waals surface area contributed by atoms with Crippen molar-refractivity contribution in [3.8, 4) is 6.07 Å². The molecule has 6 heteroatoms. The highest BCUT2D eigenvalue weighted by Gasteiger charge is 2.10. The van der Waals surface area contributed by atoms with Crippen LogP contribution in [0.4, 0.5) is 0 Å². The Hall–Kier alpha value is -1.48. The van der Waals surface area contributed by atoms with Gasteiger partial charge in [0.25, 0.3) is 0 Å². The molecule has 0 bridgehead atoms. The smallest absolute Gasteiger partial charge is 0.216 e. The van der Waals surface area contributed by atoms with E-state index in [1.807, 2.05) is 6.07 Å². The molecule has 2 heterocycles. The fourth-order valence-electron chi connectivity index (χ4n) is 0.863. The zero-order valence-corrected chi connectivity index (χ0v) is 6.46. The number of rotatable bonds is 0. The average Bonchev–Trinajstić information content (AvgIpc) is 2.46. The summed E-state index contributed by atoms with van der Waals surface area (Å²) in [6.45, 7) is 0. The number of hydrogen-bond donors (Lipinski definition) is 0. The lowest BCUT2D eigenvalue weighted by atomic mass is 10.5. The molecule has 2 aromatic rings. The van der Waals surface area contributed by atoms with Crippen LogP contribution in [-0.2, 0) is 7.05 Å². The normalized spacial score (nSPS) is 10.2. The van der Waals surface area contributed by atoms with E-state index >= 15 is 0 Å². The van der Waals surface area contributed by atoms with Crippen molar-refractivity contribution >= 4 is 21.9 Å². The monoisotopic (exact) mass is 165 g/mol. The Bertz CT molecular complexity index is 433. The van der Waals surface area contributed by atoms with Crippen LogP contribution in [0.1, 0.15) is 5.69 Å². The summed E-state index contributed by atoms with van der Waals surface area (Å²) in [5.41, 5.74) is 1.07. The van der Waals surface area contributed by atoms with Crippen LogP contribution in [0.15, 0.2) is 0 Å². The summed E-state index contributed by atoms with van der Waals surface area (Å²) in [4.78, 5) is 0. The molecule has 2 rings (SSSR count). The lowest BCUT2D eigenvalue weighted by molar-refractivity contribution is 0.761. The van der Waals surface area contributed by atoms with E-state index in [0.717, 1.165) is 4.70 Å². The third-order valence-corrected chi connectivity index (χ3v) is 2.08. The van der Waals surface area contributed by atoms with Gasteiger partial charge in [0.2, 0.25) is 5.65 Å². The minimum Gasteiger partial charge on any atom is -0.254 e. The van der Waals surface area contributed by atoms with Crippen LogP contribution < -0.4 is 0 Å². The Morgan fingerprint density at radius 2 is 2.45 bits per heavy atom. The molecule has 0 N–H and O–H groups in total. The van der Waals surface area contributed by atoms with Crippen molar-refractivity contribution in [3.05, 3.63) is 5.69 Å². The summed E-state index contributed by atoms with van der Waals surface area (Å²) in [6.07, 6.45) is 0. The van der Waals surface area contributed by atoms with E-state index < -0.39 is 0 Å². The maximum absolute atomic E-state index is 8.66. The maximum atomic E-state index is 8.66. The molecule has 0 atom stereocenters. The highest BCUT2D eigenvalue weighted by molar-refractivity contribution is 7.13. The molecule has 0 aliphatic carbocycles. The minimum atomic E-state index is 0.523. The molecule has 54 valence electrons. The van der Waals surface area contributed by atoms with Crippen LogP contribution in [0.2, 0.25) is 0 Å². The van der Waals surface area contributed by atoms with Crippen molar-refractivity contribution < 1.29 is 0 Å². The number of nitrogens with zero attached hydrogens (tertiary/aromatic N) is 5. The van der Waals surface area contributed by atoms with Gasteiger partial charge in [-0.15, -0.1) is 10.2 Å². The Morgan fingerprint density at radius 3 is 3.18 bits per heavy atom. The van der Waals surface area contributed by atoms with Crippen LogP contribution in [0, 0.1) is 11.3 Å². The van der Waals surface area contributed by atoms with Crippen LogP contribution in [0.25, 0.3) is 10.3 Å². The largest absolute Gasteiger partial charge is 0.254 e. The average molecular weight is 165 g/mol. The summed E-state index contributed by atoms with van der Waals surface area (Å²) in [7, 11) is 1.72. The molecule has 11 heavy (non-hydrogen) atoms. The van der Waals surface area contributed by atoms with Gasteiger partial charge in [-0.2, -0.15) is 5.26 Å². The number of hydrogen-bond acceptors (Lipinski definition) is 5. The maximum Gasteiger partial charge on any atom is 0.216 e. The summed E-state index contributed by atoms with van der Waals surface area (Å²) in [5.74, 6) is 0. The molecule has 0 saturated heterocycles. The first kappa shape index (κ1) is 6.24. The molecule has 0 amide bonds. The lowest BCUT2D eigenvalue weighted by Gasteiger charge is -1.85. The molecule has 0 spiro atoms. The first-order valence-electron chi connectivity index (χ1n) is 2.88. The van der Waals surface area contributed by atoms with Gasteiger partial charge in [0.1, 0.15) is 10.8 Å². The van der Waals surface area contributed by atoms with Gasteiger partial charge in [0.05, 0.1) is 0 Å². The third kappa shape index (κ3) is 0.714. The molecule has 0 aromatic carbocycles. The van der Waals surface area contributed by atoms with Crippen LogP contribution >= 0.6 is 11.5 Å². The van der Waals surface area contributed by atoms with Crippen molar-refractivity contribution in [2.24, 2.45) is 7.05 Å². The second kappa shape index (κ2) is 2.00. The predicted octanol–water partition coefficient (Wildman–Crippen LogP) is 0.296. The summed E-state index contributed by atoms with van der Waals surface area (Å²) in [6, 6.07) is 2.04. The van der Waals surface area contributed by atoms with Gasteiger partial charge >= 0.3 is 0 Å². The fraction of sp³-hybridized carbons (Fsp3) is 0.200. The zero-order valence-electron chi connectivity index (χ0n) is 5.64. The summed E-state index contributed by atoms with van der Waals surface area (Å²) in [5, 5.41) is 16.4. The number of nitriles is 1. The molecule has 0 aliphatic heterocycles. The molecular weight excluding hydrogens is 162 g/mol. The summed E-state index contributed by atoms with van der Waals surface area (Å²) < 4.78 is 5.94. The van der Waals surface area contributed by atoms with E-state index in [2.05, 4.69) is 14.7 Å². The SMILES string of the molecule is Cn1nc2nnsc2c1C#N. The van der Waals surface area contributed by atoms with Gasteiger partial charge in [-0.1, -0.05) is 4.49 Å². The second-order valence-electron chi connectivity index (χ2n) is 2.01. The topological polar surface area (TPSA) is 67.4 Å². The van der Waals surface area contributed by atoms with Gasteiger partial charge in [-0.05, 0) is 11.5 Å². The molecule has 0 fully saturated rings. The molecule has 5 nitrogen and oxygen atoms in total. The molecule has 0 aliphatic rings. The molecule has 2 aromatic heterocycles. The van der Waals surface area contributed by atoms with Crippen LogP contribution in [-0.4, -0.2) is 19.4 Å². The quantitative estimate of drug-likeness (QED) is 0.563. The van der Waals surface area contributed by atoms with Gasteiger partial charge < -0.3 is 0 Å². The van der Waals surface area contributed by atoms with E-state index in [1.54, 1.807) is 7.05 Å². The Kier molecular flexibility index (Phi) is 1.14. The Morgan fingerprint density at radius 1 is 1.64 bits per heavy atom. The predicted molar refractivity (Wildman–Crippen MR) is 38.9 cm³/mol. The van der Waals surface area contributed by atoms with Crippen molar-refractivity contribution in [3.63, 3.8) is 0 Å². The highest BCUT2D eigenvalue weighted by Crippen LogP contribution is 2.17. The van der Waals surface area contributed by atoms with Gasteiger partial charge in [-0.25, -0.2) is 0 Å². The second-order valence-corrected chi connectivity index (χ2v) is 2.76. The number of aromatic nitrogens is 4. The first-order chi connectivity index (χ1) is 5.33. The highest BCUT2D eigenvalue weighted by atomic mass is 32.1. The third-order valence-electron chi connectivity index (χ3n) is 1.36. The van der Waals surface area contributed by atoms with E-state index in [0.29, 0.717) is 11.3 Å². The zero-order chi connectivity index (χ0) is 7.84. The molecule has 0 unspecified atom stereocenters. The van der Waals surface area contributed by atoms with Gasteiger partial charge in [0, 0.05) is 7.05 Å². The van der Waals surface area contributed by atoms with E-state index in [-0.39, 0.29) is 0 Å². The van der Waals surface area contributed by atoms with Crippen molar-refractivity contribution in [1.29, 1.82) is 5.26 Å². The minimum absolute atomic E-state index is 0.523. The van der Waals surface area contributed by atoms with Crippen molar-refractivity contribution in [1.82, 2.24) is 19.4 Å². The first-order valence-corrected chi connectivity index (χ1v) is 3.65. The standard InChI is InChI=1S/C5H3N5S/c1-10-3(2-6)4-5(8-10)7-9-11-4/h1H3. The molecule has 0 saturated carbocycles.